The molecular weight excluding hydrogens is 274 g/mol. The van der Waals surface area contributed by atoms with Crippen molar-refractivity contribution in [2.45, 2.75) is 20.5 Å². The molecule has 0 unspecified atom stereocenters. The summed E-state index contributed by atoms with van der Waals surface area (Å²) in [6.45, 7) is 1.18. The number of benzene rings is 1. The Morgan fingerprint density at radius 3 is 2.71 bits per heavy atom. The van der Waals surface area contributed by atoms with Gasteiger partial charge in [-0.25, -0.2) is 4.98 Å². The van der Waals surface area contributed by atoms with Gasteiger partial charge in [0.05, 0.1) is 11.9 Å². The number of aromatic nitrogens is 2. The van der Waals surface area contributed by atoms with Gasteiger partial charge in [0.25, 0.3) is 0 Å². The largest absolute Gasteiger partial charge is 0.435 e. The van der Waals surface area contributed by atoms with Gasteiger partial charge in [-0.3, -0.25) is 4.40 Å². The van der Waals surface area contributed by atoms with E-state index in [1.165, 1.54) is 6.07 Å². The minimum Gasteiger partial charge on any atom is -0.435 e. The summed E-state index contributed by atoms with van der Waals surface area (Å²) < 4.78 is 31.1. The van der Waals surface area contributed by atoms with E-state index in [4.69, 9.17) is 0 Å². The van der Waals surface area contributed by atoms with E-state index in [-0.39, 0.29) is 5.75 Å². The average Bonchev–Trinajstić information content (AvgIpc) is 2.82. The third-order valence-corrected chi connectivity index (χ3v) is 3.29. The van der Waals surface area contributed by atoms with Gasteiger partial charge >= 0.3 is 6.61 Å². The predicted octanol–water partition coefficient (Wildman–Crippen LogP) is 4.22. The smallest absolute Gasteiger partial charge is 0.387 e. The van der Waals surface area contributed by atoms with Crippen LogP contribution in [-0.4, -0.2) is 16.0 Å². The number of nitrogens with zero attached hydrogens (tertiary/aromatic N) is 2. The number of alkyl halides is 2. The van der Waals surface area contributed by atoms with E-state index >= 15 is 0 Å². The Kier molecular flexibility index (Phi) is 3.33. The van der Waals surface area contributed by atoms with Gasteiger partial charge in [-0.05, 0) is 43.7 Å². The summed E-state index contributed by atoms with van der Waals surface area (Å²) in [6, 6.07) is 10.7. The summed E-state index contributed by atoms with van der Waals surface area (Å²) in [5, 5.41) is 0. The minimum absolute atomic E-state index is 0.141. The zero-order valence-corrected chi connectivity index (χ0v) is 11.7. The number of halogens is 2. The molecule has 108 valence electrons. The highest BCUT2D eigenvalue weighted by molar-refractivity contribution is 5.66. The van der Waals surface area contributed by atoms with Crippen LogP contribution in [0.1, 0.15) is 11.3 Å². The highest BCUT2D eigenvalue weighted by Crippen LogP contribution is 2.27. The number of fused-ring (bicyclic) bond motifs is 1. The Balaban J connectivity index is 2.12. The highest BCUT2D eigenvalue weighted by atomic mass is 19.3. The second-order valence-electron chi connectivity index (χ2n) is 4.92. The molecular formula is C16H14F2N2O. The minimum atomic E-state index is -2.83. The van der Waals surface area contributed by atoms with Crippen LogP contribution in [0.15, 0.2) is 42.6 Å². The molecule has 21 heavy (non-hydrogen) atoms. The summed E-state index contributed by atoms with van der Waals surface area (Å²) >= 11 is 0. The fourth-order valence-electron chi connectivity index (χ4n) is 2.51. The molecule has 0 aliphatic rings. The first-order valence-corrected chi connectivity index (χ1v) is 6.54. The fourth-order valence-corrected chi connectivity index (χ4v) is 2.51. The van der Waals surface area contributed by atoms with Crippen LogP contribution in [0.5, 0.6) is 5.75 Å². The third-order valence-electron chi connectivity index (χ3n) is 3.29. The van der Waals surface area contributed by atoms with E-state index in [9.17, 15) is 8.78 Å². The number of hydrogen-bond donors (Lipinski definition) is 0. The number of imidazole rings is 1. The van der Waals surface area contributed by atoms with E-state index in [0.717, 1.165) is 28.2 Å². The molecule has 0 aliphatic heterocycles. The Bertz CT molecular complexity index is 796. The molecule has 0 N–H and O–H groups in total. The summed E-state index contributed by atoms with van der Waals surface area (Å²) in [4.78, 5) is 4.38. The number of pyridine rings is 1. The van der Waals surface area contributed by atoms with Gasteiger partial charge < -0.3 is 4.74 Å². The van der Waals surface area contributed by atoms with Gasteiger partial charge in [-0.2, -0.15) is 8.78 Å². The molecule has 5 heteroatoms. The molecule has 0 saturated carbocycles. The molecule has 0 amide bonds. The fraction of sp³-hybridized carbons (Fsp3) is 0.188. The SMILES string of the molecule is Cc1cc(C)n2c(-c3cccc(OC(F)F)c3)cnc2c1. The molecule has 0 aliphatic carbocycles. The maximum atomic E-state index is 12.3. The molecule has 0 saturated heterocycles. The first kappa shape index (κ1) is 13.5. The zero-order valence-electron chi connectivity index (χ0n) is 11.7. The van der Waals surface area contributed by atoms with Crippen LogP contribution in [0.2, 0.25) is 0 Å². The van der Waals surface area contributed by atoms with E-state index in [1.807, 2.05) is 30.4 Å². The number of hydrogen-bond acceptors (Lipinski definition) is 2. The lowest BCUT2D eigenvalue weighted by molar-refractivity contribution is -0.0498. The number of aryl methyl sites for hydroxylation is 2. The van der Waals surface area contributed by atoms with Gasteiger partial charge in [0.15, 0.2) is 0 Å². The van der Waals surface area contributed by atoms with Gasteiger partial charge in [0.1, 0.15) is 11.4 Å². The molecule has 2 heterocycles. The molecule has 2 aromatic heterocycles. The molecule has 0 spiro atoms. The van der Waals surface area contributed by atoms with Crippen LogP contribution in [0.25, 0.3) is 16.9 Å². The lowest BCUT2D eigenvalue weighted by Crippen LogP contribution is -2.02. The summed E-state index contributed by atoms with van der Waals surface area (Å²) in [7, 11) is 0. The van der Waals surface area contributed by atoms with Crippen molar-refractivity contribution in [2.75, 3.05) is 0 Å². The van der Waals surface area contributed by atoms with Crippen molar-refractivity contribution in [2.24, 2.45) is 0 Å². The standard InChI is InChI=1S/C16H14F2N2O/c1-10-6-11(2)20-14(9-19-15(20)7-10)12-4-3-5-13(8-12)21-16(17)18/h3-9,16H,1-2H3. The number of ether oxygens (including phenoxy) is 1. The maximum absolute atomic E-state index is 12.3. The summed E-state index contributed by atoms with van der Waals surface area (Å²) in [5.41, 5.74) is 4.64. The average molecular weight is 288 g/mol. The summed E-state index contributed by atoms with van der Waals surface area (Å²) in [5.74, 6) is 0.141. The van der Waals surface area contributed by atoms with E-state index in [1.54, 1.807) is 18.3 Å². The van der Waals surface area contributed by atoms with Crippen molar-refractivity contribution < 1.29 is 13.5 Å². The second-order valence-corrected chi connectivity index (χ2v) is 4.92. The van der Waals surface area contributed by atoms with Gasteiger partial charge in [-0.1, -0.05) is 12.1 Å². The van der Waals surface area contributed by atoms with Crippen LogP contribution in [0, 0.1) is 13.8 Å². The van der Waals surface area contributed by atoms with Crippen molar-refractivity contribution >= 4 is 5.65 Å². The monoisotopic (exact) mass is 288 g/mol. The van der Waals surface area contributed by atoms with Crippen LogP contribution in [0.3, 0.4) is 0 Å². The van der Waals surface area contributed by atoms with Gasteiger partial charge in [-0.15, -0.1) is 0 Å². The second kappa shape index (κ2) is 5.16. The van der Waals surface area contributed by atoms with Crippen LogP contribution >= 0.6 is 0 Å². The van der Waals surface area contributed by atoms with E-state index < -0.39 is 6.61 Å². The van der Waals surface area contributed by atoms with Crippen LogP contribution in [0.4, 0.5) is 8.78 Å². The van der Waals surface area contributed by atoms with Crippen molar-refractivity contribution in [3.63, 3.8) is 0 Å². The molecule has 0 radical (unpaired) electrons. The first-order chi connectivity index (χ1) is 10.0. The van der Waals surface area contributed by atoms with Gasteiger partial charge in [0.2, 0.25) is 0 Å². The van der Waals surface area contributed by atoms with E-state index in [0.29, 0.717) is 0 Å². The first-order valence-electron chi connectivity index (χ1n) is 6.54. The molecule has 1 aromatic carbocycles. The van der Waals surface area contributed by atoms with Crippen molar-refractivity contribution in [1.82, 2.24) is 9.38 Å². The molecule has 3 nitrogen and oxygen atoms in total. The normalized spacial score (nSPS) is 11.3. The molecule has 3 rings (SSSR count). The molecule has 3 aromatic rings. The van der Waals surface area contributed by atoms with Crippen molar-refractivity contribution in [3.05, 3.63) is 53.9 Å². The zero-order chi connectivity index (χ0) is 15.0. The summed E-state index contributed by atoms with van der Waals surface area (Å²) in [6.07, 6.45) is 1.74. The van der Waals surface area contributed by atoms with Gasteiger partial charge in [0, 0.05) is 11.3 Å². The van der Waals surface area contributed by atoms with Crippen molar-refractivity contribution in [3.8, 4) is 17.0 Å². The van der Waals surface area contributed by atoms with Crippen LogP contribution in [-0.2, 0) is 0 Å². The Hall–Kier alpha value is -2.43. The Morgan fingerprint density at radius 1 is 1.14 bits per heavy atom. The van der Waals surface area contributed by atoms with E-state index in [2.05, 4.69) is 15.8 Å². The maximum Gasteiger partial charge on any atom is 0.387 e. The quantitative estimate of drug-likeness (QED) is 0.721. The Labute approximate surface area is 120 Å². The highest BCUT2D eigenvalue weighted by Gasteiger charge is 2.10. The van der Waals surface area contributed by atoms with Crippen molar-refractivity contribution in [1.29, 1.82) is 0 Å². The molecule has 0 atom stereocenters. The third kappa shape index (κ3) is 2.59. The number of rotatable bonds is 3. The van der Waals surface area contributed by atoms with Crippen LogP contribution < -0.4 is 4.74 Å². The lowest BCUT2D eigenvalue weighted by Gasteiger charge is -2.09. The lowest BCUT2D eigenvalue weighted by atomic mass is 10.1. The topological polar surface area (TPSA) is 26.5 Å². The predicted molar refractivity (Wildman–Crippen MR) is 76.7 cm³/mol. The Morgan fingerprint density at radius 2 is 1.95 bits per heavy atom. The molecule has 0 fully saturated rings. The molecule has 0 bridgehead atoms.